The molecule has 0 heterocycles. The number of carbonyl (C=O) groups is 2. The number of anilines is 1. The van der Waals surface area contributed by atoms with Crippen LogP contribution in [0.25, 0.3) is 0 Å². The van der Waals surface area contributed by atoms with Crippen molar-refractivity contribution in [2.75, 3.05) is 11.9 Å². The molecule has 0 fully saturated rings. The average molecular weight is 341 g/mol. The van der Waals surface area contributed by atoms with E-state index in [1.807, 2.05) is 38.1 Å². The first-order valence-electron chi connectivity index (χ1n) is 8.31. The Morgan fingerprint density at radius 1 is 1.12 bits per heavy atom. The minimum absolute atomic E-state index is 0.292. The number of rotatable bonds is 7. The van der Waals surface area contributed by atoms with Crippen molar-refractivity contribution in [1.82, 2.24) is 0 Å². The fraction of sp³-hybridized carbons (Fsp3) is 0.300. The standard InChI is InChI=1S/C20H23NO4/c1-4-12-24-20(23)16-6-5-7-17(13-16)21-19(22)15(3)25-18-10-8-14(2)9-11-18/h5-11,13,15H,4,12H2,1-3H3,(H,21,22). The lowest BCUT2D eigenvalue weighted by Crippen LogP contribution is -2.30. The van der Waals surface area contributed by atoms with Gasteiger partial charge in [-0.05, 0) is 50.6 Å². The number of ether oxygens (including phenoxy) is 2. The third-order valence-corrected chi connectivity index (χ3v) is 3.51. The van der Waals surface area contributed by atoms with Crippen LogP contribution in [-0.2, 0) is 9.53 Å². The topological polar surface area (TPSA) is 64.6 Å². The van der Waals surface area contributed by atoms with Crippen molar-refractivity contribution in [2.24, 2.45) is 0 Å². The van der Waals surface area contributed by atoms with Gasteiger partial charge >= 0.3 is 5.97 Å². The van der Waals surface area contributed by atoms with E-state index in [2.05, 4.69) is 5.32 Å². The minimum atomic E-state index is -0.668. The van der Waals surface area contributed by atoms with Crippen LogP contribution in [0.15, 0.2) is 48.5 Å². The first-order chi connectivity index (χ1) is 12.0. The number of hydrogen-bond acceptors (Lipinski definition) is 4. The highest BCUT2D eigenvalue weighted by molar-refractivity contribution is 5.96. The van der Waals surface area contributed by atoms with Gasteiger partial charge in [0.05, 0.1) is 12.2 Å². The first kappa shape index (κ1) is 18.5. The second-order valence-electron chi connectivity index (χ2n) is 5.78. The predicted molar refractivity (Wildman–Crippen MR) is 96.9 cm³/mol. The van der Waals surface area contributed by atoms with E-state index in [4.69, 9.17) is 9.47 Å². The smallest absolute Gasteiger partial charge is 0.338 e. The molecule has 1 atom stereocenters. The highest BCUT2D eigenvalue weighted by Gasteiger charge is 2.16. The van der Waals surface area contributed by atoms with Crippen molar-refractivity contribution in [3.05, 3.63) is 59.7 Å². The van der Waals surface area contributed by atoms with E-state index in [0.717, 1.165) is 12.0 Å². The van der Waals surface area contributed by atoms with Gasteiger partial charge in [-0.1, -0.05) is 30.7 Å². The fourth-order valence-electron chi connectivity index (χ4n) is 2.12. The van der Waals surface area contributed by atoms with Crippen LogP contribution in [0.4, 0.5) is 5.69 Å². The van der Waals surface area contributed by atoms with Gasteiger partial charge in [-0.3, -0.25) is 4.79 Å². The van der Waals surface area contributed by atoms with Gasteiger partial charge in [0.1, 0.15) is 5.75 Å². The van der Waals surface area contributed by atoms with Crippen LogP contribution in [0.5, 0.6) is 5.75 Å². The van der Waals surface area contributed by atoms with E-state index in [-0.39, 0.29) is 5.91 Å². The molecule has 2 aromatic rings. The van der Waals surface area contributed by atoms with Crippen LogP contribution in [0.2, 0.25) is 0 Å². The molecule has 0 aliphatic rings. The zero-order valence-corrected chi connectivity index (χ0v) is 14.7. The number of amides is 1. The molecular formula is C20H23NO4. The lowest BCUT2D eigenvalue weighted by atomic mass is 10.2. The summed E-state index contributed by atoms with van der Waals surface area (Å²) in [5.41, 5.74) is 2.05. The molecule has 0 aliphatic carbocycles. The molecule has 0 saturated heterocycles. The summed E-state index contributed by atoms with van der Waals surface area (Å²) in [6.45, 7) is 5.96. The molecule has 0 radical (unpaired) electrons. The monoisotopic (exact) mass is 341 g/mol. The Hall–Kier alpha value is -2.82. The molecular weight excluding hydrogens is 318 g/mol. The van der Waals surface area contributed by atoms with E-state index >= 15 is 0 Å². The molecule has 1 unspecified atom stereocenters. The predicted octanol–water partition coefficient (Wildman–Crippen LogP) is 3.97. The Bertz CT molecular complexity index is 725. The van der Waals surface area contributed by atoms with Gasteiger partial charge in [-0.15, -0.1) is 0 Å². The number of benzene rings is 2. The average Bonchev–Trinajstić information content (AvgIpc) is 2.61. The number of aryl methyl sites for hydroxylation is 1. The normalized spacial score (nSPS) is 11.5. The molecule has 0 aliphatic heterocycles. The maximum Gasteiger partial charge on any atom is 0.338 e. The Morgan fingerprint density at radius 2 is 1.84 bits per heavy atom. The number of hydrogen-bond donors (Lipinski definition) is 1. The Kier molecular flexibility index (Phi) is 6.57. The van der Waals surface area contributed by atoms with Crippen molar-refractivity contribution in [1.29, 1.82) is 0 Å². The molecule has 0 aromatic heterocycles. The van der Waals surface area contributed by atoms with Gasteiger partial charge in [-0.2, -0.15) is 0 Å². The molecule has 132 valence electrons. The Morgan fingerprint density at radius 3 is 2.52 bits per heavy atom. The second-order valence-corrected chi connectivity index (χ2v) is 5.78. The van der Waals surface area contributed by atoms with Crippen LogP contribution in [0.3, 0.4) is 0 Å². The van der Waals surface area contributed by atoms with Gasteiger partial charge in [0.25, 0.3) is 5.91 Å². The summed E-state index contributed by atoms with van der Waals surface area (Å²) < 4.78 is 10.7. The fourth-order valence-corrected chi connectivity index (χ4v) is 2.12. The third-order valence-electron chi connectivity index (χ3n) is 3.51. The van der Waals surface area contributed by atoms with E-state index in [1.165, 1.54) is 0 Å². The van der Waals surface area contributed by atoms with Crippen LogP contribution in [0, 0.1) is 6.92 Å². The first-order valence-corrected chi connectivity index (χ1v) is 8.31. The maximum atomic E-state index is 12.3. The molecule has 25 heavy (non-hydrogen) atoms. The van der Waals surface area contributed by atoms with Crippen molar-refractivity contribution in [3.8, 4) is 5.75 Å². The third kappa shape index (κ3) is 5.64. The number of esters is 1. The van der Waals surface area contributed by atoms with E-state index < -0.39 is 12.1 Å². The van der Waals surface area contributed by atoms with Gasteiger partial charge in [-0.25, -0.2) is 4.79 Å². The van der Waals surface area contributed by atoms with Crippen molar-refractivity contribution in [3.63, 3.8) is 0 Å². The summed E-state index contributed by atoms with van der Waals surface area (Å²) in [6.07, 6.45) is 0.0918. The summed E-state index contributed by atoms with van der Waals surface area (Å²) in [4.78, 5) is 24.2. The Balaban J connectivity index is 1.97. The SMILES string of the molecule is CCCOC(=O)c1cccc(NC(=O)C(C)Oc2ccc(C)cc2)c1. The highest BCUT2D eigenvalue weighted by atomic mass is 16.5. The lowest BCUT2D eigenvalue weighted by molar-refractivity contribution is -0.122. The molecule has 5 heteroatoms. The van der Waals surface area contributed by atoms with Crippen molar-refractivity contribution in [2.45, 2.75) is 33.3 Å². The summed E-state index contributed by atoms with van der Waals surface area (Å²) in [7, 11) is 0. The van der Waals surface area contributed by atoms with Gasteiger partial charge in [0.2, 0.25) is 0 Å². The lowest BCUT2D eigenvalue weighted by Gasteiger charge is -2.15. The van der Waals surface area contributed by atoms with E-state index in [1.54, 1.807) is 31.2 Å². The zero-order valence-electron chi connectivity index (χ0n) is 14.7. The molecule has 0 spiro atoms. The summed E-state index contributed by atoms with van der Waals surface area (Å²) in [5.74, 6) is -0.0632. The minimum Gasteiger partial charge on any atom is -0.481 e. The highest BCUT2D eigenvalue weighted by Crippen LogP contribution is 2.16. The molecule has 0 saturated carbocycles. The van der Waals surface area contributed by atoms with Crippen LogP contribution < -0.4 is 10.1 Å². The van der Waals surface area contributed by atoms with E-state index in [0.29, 0.717) is 23.6 Å². The summed E-state index contributed by atoms with van der Waals surface area (Å²) >= 11 is 0. The molecule has 1 N–H and O–H groups in total. The van der Waals surface area contributed by atoms with Gasteiger partial charge in [0, 0.05) is 5.69 Å². The second kappa shape index (κ2) is 8.87. The Labute approximate surface area is 148 Å². The zero-order chi connectivity index (χ0) is 18.2. The van der Waals surface area contributed by atoms with Crippen molar-refractivity contribution >= 4 is 17.6 Å². The summed E-state index contributed by atoms with van der Waals surface area (Å²) in [5, 5.41) is 2.75. The quantitative estimate of drug-likeness (QED) is 0.774. The number of carbonyl (C=O) groups excluding carboxylic acids is 2. The molecule has 2 rings (SSSR count). The van der Waals surface area contributed by atoms with Gasteiger partial charge < -0.3 is 14.8 Å². The molecule has 2 aromatic carbocycles. The molecule has 1 amide bonds. The van der Waals surface area contributed by atoms with Crippen LogP contribution in [-0.4, -0.2) is 24.6 Å². The number of nitrogens with one attached hydrogen (secondary N) is 1. The largest absolute Gasteiger partial charge is 0.481 e. The summed E-state index contributed by atoms with van der Waals surface area (Å²) in [6, 6.07) is 14.1. The van der Waals surface area contributed by atoms with Crippen LogP contribution >= 0.6 is 0 Å². The molecule has 0 bridgehead atoms. The van der Waals surface area contributed by atoms with E-state index in [9.17, 15) is 9.59 Å². The van der Waals surface area contributed by atoms with Gasteiger partial charge in [0.15, 0.2) is 6.10 Å². The van der Waals surface area contributed by atoms with Crippen LogP contribution in [0.1, 0.15) is 36.2 Å². The maximum absolute atomic E-state index is 12.3. The molecule has 5 nitrogen and oxygen atoms in total. The van der Waals surface area contributed by atoms with Crippen molar-refractivity contribution < 1.29 is 19.1 Å².